The van der Waals surface area contributed by atoms with Gasteiger partial charge >= 0.3 is 0 Å². The molecule has 1 rings (SSSR count). The Morgan fingerprint density at radius 2 is 1.94 bits per heavy atom. The van der Waals surface area contributed by atoms with Gasteiger partial charge in [0, 0.05) is 18.7 Å². The topological polar surface area (TPSA) is 52.5 Å². The molecule has 0 aromatic heterocycles. The first-order valence-corrected chi connectivity index (χ1v) is 5.56. The molecule has 0 aliphatic carbocycles. The fourth-order valence-electron chi connectivity index (χ4n) is 1.41. The molecule has 0 heterocycles. The minimum atomic E-state index is -1.13. The number of hydrogen-bond donors (Lipinski definition) is 3. The van der Waals surface area contributed by atoms with Gasteiger partial charge in [-0.3, -0.25) is 0 Å². The second-order valence-corrected chi connectivity index (χ2v) is 3.90. The number of benzene rings is 1. The van der Waals surface area contributed by atoms with Gasteiger partial charge in [0.25, 0.3) is 0 Å². The summed E-state index contributed by atoms with van der Waals surface area (Å²) in [7, 11) is 0. The molecule has 0 spiro atoms. The van der Waals surface area contributed by atoms with Crippen molar-refractivity contribution in [1.82, 2.24) is 5.32 Å². The van der Waals surface area contributed by atoms with E-state index in [1.165, 1.54) is 0 Å². The molecule has 17 heavy (non-hydrogen) atoms. The molecule has 0 fully saturated rings. The van der Waals surface area contributed by atoms with Gasteiger partial charge in [-0.2, -0.15) is 0 Å². The van der Waals surface area contributed by atoms with Crippen LogP contribution in [0.5, 0.6) is 0 Å². The summed E-state index contributed by atoms with van der Waals surface area (Å²) in [6.07, 6.45) is -1.04. The van der Waals surface area contributed by atoms with Gasteiger partial charge in [0.2, 0.25) is 0 Å². The van der Waals surface area contributed by atoms with E-state index in [9.17, 15) is 19.0 Å². The maximum absolute atomic E-state index is 13.3. The lowest BCUT2D eigenvalue weighted by Gasteiger charge is -2.14. The summed E-state index contributed by atoms with van der Waals surface area (Å²) >= 11 is 0. The second kappa shape index (κ2) is 6.64. The maximum Gasteiger partial charge on any atom is 0.129 e. The van der Waals surface area contributed by atoms with Crippen molar-refractivity contribution in [3.63, 3.8) is 0 Å². The van der Waals surface area contributed by atoms with Crippen LogP contribution < -0.4 is 5.32 Å². The van der Waals surface area contributed by atoms with Gasteiger partial charge in [-0.25, -0.2) is 8.78 Å². The Morgan fingerprint density at radius 1 is 1.24 bits per heavy atom. The fraction of sp³-hybridized carbons (Fsp3) is 0.500. The van der Waals surface area contributed by atoms with Crippen LogP contribution >= 0.6 is 0 Å². The molecule has 5 heteroatoms. The Bertz CT molecular complexity index is 360. The van der Waals surface area contributed by atoms with E-state index >= 15 is 0 Å². The number of aliphatic hydroxyl groups is 2. The van der Waals surface area contributed by atoms with E-state index < -0.39 is 23.8 Å². The highest BCUT2D eigenvalue weighted by Crippen LogP contribution is 2.17. The summed E-state index contributed by atoms with van der Waals surface area (Å²) in [5, 5.41) is 21.7. The van der Waals surface area contributed by atoms with Crippen molar-refractivity contribution < 1.29 is 19.0 Å². The Kier molecular flexibility index (Phi) is 5.47. The molecular formula is C12H17F2NO2. The van der Waals surface area contributed by atoms with Crippen molar-refractivity contribution >= 4 is 0 Å². The van der Waals surface area contributed by atoms with Crippen LogP contribution in [-0.4, -0.2) is 29.4 Å². The van der Waals surface area contributed by atoms with Gasteiger partial charge < -0.3 is 15.5 Å². The van der Waals surface area contributed by atoms with Gasteiger partial charge in [0.15, 0.2) is 0 Å². The second-order valence-electron chi connectivity index (χ2n) is 3.90. The average Bonchev–Trinajstić information content (AvgIpc) is 2.31. The Labute approximate surface area is 99.1 Å². The van der Waals surface area contributed by atoms with Crippen molar-refractivity contribution in [2.45, 2.75) is 25.6 Å². The number of nitrogens with one attached hydrogen (secondary N) is 1. The number of hydrogen-bond acceptors (Lipinski definition) is 3. The molecule has 0 aliphatic rings. The summed E-state index contributed by atoms with van der Waals surface area (Å²) in [6.45, 7) is 2.21. The summed E-state index contributed by atoms with van der Waals surface area (Å²) in [6, 6.07) is 2.95. The molecule has 0 saturated carbocycles. The SMILES string of the molecule is CCC(O)CNCC(O)c1cc(F)ccc1F. The maximum atomic E-state index is 13.3. The smallest absolute Gasteiger partial charge is 0.129 e. The molecule has 0 amide bonds. The van der Waals surface area contributed by atoms with Crippen molar-refractivity contribution in [3.05, 3.63) is 35.4 Å². The van der Waals surface area contributed by atoms with Crippen LogP contribution in [0.1, 0.15) is 25.0 Å². The number of halogens is 2. The minimum absolute atomic E-state index is 0.0669. The molecule has 0 aliphatic heterocycles. The van der Waals surface area contributed by atoms with Crippen molar-refractivity contribution in [2.24, 2.45) is 0 Å². The molecule has 3 N–H and O–H groups in total. The van der Waals surface area contributed by atoms with E-state index in [2.05, 4.69) is 5.32 Å². The molecule has 2 atom stereocenters. The first-order chi connectivity index (χ1) is 8.04. The highest BCUT2D eigenvalue weighted by atomic mass is 19.1. The monoisotopic (exact) mass is 245 g/mol. The van der Waals surface area contributed by atoms with Crippen LogP contribution in [0.15, 0.2) is 18.2 Å². The summed E-state index contributed by atoms with van der Waals surface area (Å²) in [5.41, 5.74) is -0.0801. The predicted octanol–water partition coefficient (Wildman–Crippen LogP) is 1.36. The van der Waals surface area contributed by atoms with Crippen molar-refractivity contribution in [3.8, 4) is 0 Å². The Hall–Kier alpha value is -1.04. The van der Waals surface area contributed by atoms with E-state index in [0.717, 1.165) is 18.2 Å². The van der Waals surface area contributed by atoms with Gasteiger partial charge in [-0.1, -0.05) is 6.92 Å². The molecule has 2 unspecified atom stereocenters. The minimum Gasteiger partial charge on any atom is -0.392 e. The molecule has 0 saturated heterocycles. The highest BCUT2D eigenvalue weighted by molar-refractivity contribution is 5.21. The zero-order valence-corrected chi connectivity index (χ0v) is 9.66. The van der Waals surface area contributed by atoms with Gasteiger partial charge in [-0.15, -0.1) is 0 Å². The van der Waals surface area contributed by atoms with Crippen LogP contribution in [0.4, 0.5) is 8.78 Å². The van der Waals surface area contributed by atoms with Crippen LogP contribution in [0.2, 0.25) is 0 Å². The lowest BCUT2D eigenvalue weighted by molar-refractivity contribution is 0.142. The van der Waals surface area contributed by atoms with Crippen molar-refractivity contribution in [2.75, 3.05) is 13.1 Å². The Balaban J connectivity index is 2.52. The van der Waals surface area contributed by atoms with E-state index in [4.69, 9.17) is 0 Å². The summed E-state index contributed by atoms with van der Waals surface area (Å²) < 4.78 is 26.1. The zero-order chi connectivity index (χ0) is 12.8. The normalized spacial score (nSPS) is 14.6. The highest BCUT2D eigenvalue weighted by Gasteiger charge is 2.13. The van der Waals surface area contributed by atoms with E-state index in [1.807, 2.05) is 6.92 Å². The number of aliphatic hydroxyl groups excluding tert-OH is 2. The molecule has 0 bridgehead atoms. The first kappa shape index (κ1) is 14.0. The largest absolute Gasteiger partial charge is 0.392 e. The lowest BCUT2D eigenvalue weighted by atomic mass is 10.1. The fourth-order valence-corrected chi connectivity index (χ4v) is 1.41. The molecular weight excluding hydrogens is 228 g/mol. The van der Waals surface area contributed by atoms with Gasteiger partial charge in [0.1, 0.15) is 11.6 Å². The molecule has 0 radical (unpaired) electrons. The molecule has 1 aromatic rings. The Morgan fingerprint density at radius 3 is 2.59 bits per heavy atom. The third-order valence-electron chi connectivity index (χ3n) is 2.51. The van der Waals surface area contributed by atoms with Crippen LogP contribution in [0.25, 0.3) is 0 Å². The zero-order valence-electron chi connectivity index (χ0n) is 9.66. The number of rotatable bonds is 6. The molecule has 3 nitrogen and oxygen atoms in total. The van der Waals surface area contributed by atoms with Gasteiger partial charge in [0.05, 0.1) is 12.2 Å². The standard InChI is InChI=1S/C12H17F2NO2/c1-2-9(16)6-15-7-12(17)10-5-8(13)3-4-11(10)14/h3-5,9,12,15-17H,2,6-7H2,1H3. The van der Waals surface area contributed by atoms with E-state index in [1.54, 1.807) is 0 Å². The quantitative estimate of drug-likeness (QED) is 0.709. The average molecular weight is 245 g/mol. The molecule has 96 valence electrons. The predicted molar refractivity (Wildman–Crippen MR) is 60.5 cm³/mol. The van der Waals surface area contributed by atoms with Crippen LogP contribution in [0.3, 0.4) is 0 Å². The third kappa shape index (κ3) is 4.38. The summed E-state index contributed by atoms with van der Waals surface area (Å²) in [5.74, 6) is -1.23. The molecule has 1 aromatic carbocycles. The van der Waals surface area contributed by atoms with Gasteiger partial charge in [-0.05, 0) is 24.6 Å². The van der Waals surface area contributed by atoms with E-state index in [-0.39, 0.29) is 12.1 Å². The van der Waals surface area contributed by atoms with Crippen LogP contribution in [0, 0.1) is 11.6 Å². The summed E-state index contributed by atoms with van der Waals surface area (Å²) in [4.78, 5) is 0. The lowest BCUT2D eigenvalue weighted by Crippen LogP contribution is -2.30. The van der Waals surface area contributed by atoms with Crippen LogP contribution in [-0.2, 0) is 0 Å². The van der Waals surface area contributed by atoms with E-state index in [0.29, 0.717) is 13.0 Å². The third-order valence-corrected chi connectivity index (χ3v) is 2.51. The first-order valence-electron chi connectivity index (χ1n) is 5.56. The van der Waals surface area contributed by atoms with Crippen molar-refractivity contribution in [1.29, 1.82) is 0 Å².